The number of rotatable bonds is 20. The monoisotopic (exact) mass is 1660 g/mol. The van der Waals surface area contributed by atoms with Gasteiger partial charge in [-0.2, -0.15) is 5.26 Å². The van der Waals surface area contributed by atoms with Crippen molar-refractivity contribution in [3.05, 3.63) is 34.3 Å². The lowest BCUT2D eigenvalue weighted by atomic mass is 9.76. The number of hydrogen-bond donors (Lipinski definition) is 7. The van der Waals surface area contributed by atoms with Crippen LogP contribution in [0.25, 0.3) is 0 Å². The first kappa shape index (κ1) is 95.9. The van der Waals surface area contributed by atoms with E-state index in [1.54, 1.807) is 85.7 Å². The molecule has 8 heterocycles. The number of fused-ring (bicyclic) bond motifs is 4. The number of aliphatic hydroxyl groups is 7. The van der Waals surface area contributed by atoms with Crippen molar-refractivity contribution in [1.82, 2.24) is 9.80 Å². The van der Waals surface area contributed by atoms with Crippen LogP contribution in [-0.2, 0) is 80.6 Å². The van der Waals surface area contributed by atoms with E-state index >= 15 is 0 Å². The zero-order valence-electron chi connectivity index (χ0n) is 71.6. The molecule has 8 aliphatic heterocycles. The predicted octanol–water partition coefficient (Wildman–Crippen LogP) is 8.40. The van der Waals surface area contributed by atoms with Gasteiger partial charge in [0.25, 0.3) is 0 Å². The molecule has 4 bridgehead atoms. The summed E-state index contributed by atoms with van der Waals surface area (Å²) < 4.78 is 98.4. The SMILES string of the molecule is CC#N.CC[C@@H](O)[C@@](C)(O)[C@@H]1OC(=O)[C@H](C)[C@@H](O[C@H]2CC(C)(OC)[C@@H](O)C(C)O2)[C@H](C)[C@@H](O[C@@H]2OC(C)CC(N(C)C)C2O)[C@@]2(C)CC(C)C(O2)[C@@H]1C.CC[C@@H](O)[C@@](C)(O)[C@@H]1OC(=O)[C@H](C)[C@@H](O[C@H]2CC(C)(OC)[C@@H](O)C(C)O2)[C@H](C)[C@@H](O[C@@H]2OC(C)CC(N(C)C)C2OC(=O)c2ccc(Br)cc2)[C@@]2(C)CC(C)C(O2)[C@@H]1C. The summed E-state index contributed by atoms with van der Waals surface area (Å²) in [6, 6.07) is 8.19. The van der Waals surface area contributed by atoms with Gasteiger partial charge in [-0.3, -0.25) is 9.59 Å². The van der Waals surface area contributed by atoms with E-state index in [1.807, 2.05) is 93.4 Å². The molecular formula is C83H140BrN3O25. The first-order valence-electron chi connectivity index (χ1n) is 40.6. The summed E-state index contributed by atoms with van der Waals surface area (Å²) in [5.41, 5.74) is -7.23. The number of benzene rings is 1. The van der Waals surface area contributed by atoms with E-state index in [2.05, 4.69) is 29.8 Å². The van der Waals surface area contributed by atoms with Crippen LogP contribution in [0.5, 0.6) is 0 Å². The molecule has 9 rings (SSSR count). The van der Waals surface area contributed by atoms with Crippen molar-refractivity contribution in [3.8, 4) is 6.07 Å². The predicted molar refractivity (Wildman–Crippen MR) is 416 cm³/mol. The summed E-state index contributed by atoms with van der Waals surface area (Å²) in [4.78, 5) is 46.6. The average molecular weight is 1660 g/mol. The molecule has 0 aliphatic carbocycles. The Morgan fingerprint density at radius 3 is 1.32 bits per heavy atom. The van der Waals surface area contributed by atoms with Gasteiger partial charge in [0, 0.05) is 68.2 Å². The van der Waals surface area contributed by atoms with E-state index in [0.717, 1.165) is 4.47 Å². The van der Waals surface area contributed by atoms with Crippen LogP contribution in [0.3, 0.4) is 0 Å². The number of esters is 3. The van der Waals surface area contributed by atoms with Gasteiger partial charge in [-0.25, -0.2) is 4.79 Å². The Balaban J connectivity index is 0.000000304. The number of halogens is 1. The van der Waals surface area contributed by atoms with Crippen LogP contribution in [0.1, 0.15) is 207 Å². The Labute approximate surface area is 674 Å². The number of ether oxygens (including phenoxy) is 15. The Kier molecular flexibility index (Phi) is 33.3. The lowest BCUT2D eigenvalue weighted by Crippen LogP contribution is -2.61. The van der Waals surface area contributed by atoms with Crippen molar-refractivity contribution in [1.29, 1.82) is 5.26 Å². The second kappa shape index (κ2) is 38.9. The topological polar surface area (TPSA) is 362 Å². The van der Waals surface area contributed by atoms with Crippen molar-refractivity contribution < 1.29 is 121 Å². The Bertz CT molecular complexity index is 3230. The Hall–Kier alpha value is -3.24. The highest BCUT2D eigenvalue weighted by molar-refractivity contribution is 9.10. The fourth-order valence-electron chi connectivity index (χ4n) is 19.3. The van der Waals surface area contributed by atoms with E-state index in [9.17, 15) is 50.1 Å². The molecule has 38 atom stereocenters. The van der Waals surface area contributed by atoms with E-state index in [1.165, 1.54) is 35.0 Å². The fourth-order valence-corrected chi connectivity index (χ4v) is 19.6. The van der Waals surface area contributed by atoms with E-state index in [0.29, 0.717) is 31.2 Å². The zero-order valence-corrected chi connectivity index (χ0v) is 73.2. The minimum absolute atomic E-state index is 0.0580. The minimum atomic E-state index is -1.82. The van der Waals surface area contributed by atoms with Crippen molar-refractivity contribution in [2.45, 2.75) is 377 Å². The maximum atomic E-state index is 14.5. The molecule has 0 amide bonds. The van der Waals surface area contributed by atoms with Gasteiger partial charge < -0.3 is 117 Å². The average Bonchev–Trinajstić information content (AvgIpc) is 1.66. The molecule has 8 aliphatic rings. The molecule has 644 valence electrons. The highest BCUT2D eigenvalue weighted by atomic mass is 79.9. The molecule has 1 aromatic rings. The van der Waals surface area contributed by atoms with E-state index < -0.39 is 210 Å². The second-order valence-corrected chi connectivity index (χ2v) is 36.5. The third kappa shape index (κ3) is 20.9. The molecule has 7 N–H and O–H groups in total. The molecule has 14 unspecified atom stereocenters. The van der Waals surface area contributed by atoms with E-state index in [-0.39, 0.29) is 61.8 Å². The van der Waals surface area contributed by atoms with Crippen molar-refractivity contribution in [3.63, 3.8) is 0 Å². The molecular weight excluding hydrogens is 1520 g/mol. The van der Waals surface area contributed by atoms with Crippen LogP contribution in [0.15, 0.2) is 28.7 Å². The number of methoxy groups -OCH3 is 2. The van der Waals surface area contributed by atoms with Crippen LogP contribution in [-0.4, -0.2) is 287 Å². The number of carbonyl (C=O) groups excluding carboxylic acids is 3. The van der Waals surface area contributed by atoms with Gasteiger partial charge in [-0.1, -0.05) is 71.3 Å². The van der Waals surface area contributed by atoms with Gasteiger partial charge in [0.2, 0.25) is 0 Å². The summed E-state index contributed by atoms with van der Waals surface area (Å²) in [5, 5.41) is 86.6. The molecule has 8 fully saturated rings. The number of likely N-dealkylation sites (N-methyl/N-ethyl adjacent to an activating group) is 2. The molecule has 0 spiro atoms. The van der Waals surface area contributed by atoms with Crippen molar-refractivity contribution >= 4 is 33.8 Å². The second-order valence-electron chi connectivity index (χ2n) is 35.6. The molecule has 0 saturated carbocycles. The third-order valence-electron chi connectivity index (χ3n) is 26.0. The number of nitriles is 1. The highest BCUT2D eigenvalue weighted by Crippen LogP contribution is 2.52. The summed E-state index contributed by atoms with van der Waals surface area (Å²) in [6.07, 6.45) is -15.3. The Morgan fingerprint density at radius 2 is 0.955 bits per heavy atom. The smallest absolute Gasteiger partial charge is 0.338 e. The van der Waals surface area contributed by atoms with Crippen LogP contribution in [0, 0.1) is 58.7 Å². The first-order valence-corrected chi connectivity index (χ1v) is 41.4. The standard InChI is InChI=1S/C44H70BrNO13.C37H67NO12.C2H3N/c1-14-31(47)44(10,51)38-24(4)33-22(2)20-43(9,59-33)37(25(5)34(26(6)39(49)57-38)55-32-21-42(8,52-13)36(48)27(7)54-32)58-41-35(30(46(11)12)19-23(3)53-41)56-40(50)28-15-17-29(45)18-16-28;1-14-25(39)37(10,43)32-20(4)28-18(2)16-36(9,50-28)31(49-34-27(40)24(38(11)12)15-19(3)45-34)21(5)29(22(6)33(42)48-32)47-26-17-35(8,44-13)30(41)23(7)46-26;1-2-3/h15-18,22-27,30-38,41,47-48,51H,14,19-21H2,1-13H3;18-32,34,39-41,43H,14-17H2,1-13H3;1H3/t22?,23?,24-,25-,26+,27?,30?,31+,32-,33?,34-,35?,36-,37+,38+,41-,42?,43+,44+;18?,19?,20-,21-,22+,23?,24?,25+,26-,27?,28?,29-,30-,31+,32+,34-,35?,36+,37+;/m00./s1. The molecule has 112 heavy (non-hydrogen) atoms. The summed E-state index contributed by atoms with van der Waals surface area (Å²) in [6.45, 7) is 38.0. The third-order valence-corrected chi connectivity index (χ3v) is 26.6. The minimum Gasteiger partial charge on any atom is -0.459 e. The highest BCUT2D eigenvalue weighted by Gasteiger charge is 2.62. The van der Waals surface area contributed by atoms with Crippen molar-refractivity contribution in [2.24, 2.45) is 47.3 Å². The lowest BCUT2D eigenvalue weighted by Gasteiger charge is -2.49. The van der Waals surface area contributed by atoms with Gasteiger partial charge in [0.15, 0.2) is 31.3 Å². The number of carbonyl (C=O) groups is 3. The van der Waals surface area contributed by atoms with Gasteiger partial charge in [0.05, 0.1) is 125 Å². The molecule has 0 aromatic heterocycles. The Morgan fingerprint density at radius 1 is 0.589 bits per heavy atom. The maximum absolute atomic E-state index is 14.5. The first-order chi connectivity index (χ1) is 52.0. The van der Waals surface area contributed by atoms with Gasteiger partial charge in [-0.05, 0) is 186 Å². The largest absolute Gasteiger partial charge is 0.459 e. The quantitative estimate of drug-likeness (QED) is 0.0475. The summed E-state index contributed by atoms with van der Waals surface area (Å²) >= 11 is 3.44. The molecule has 1 aromatic carbocycles. The summed E-state index contributed by atoms with van der Waals surface area (Å²) in [7, 11) is 10.8. The normalized spacial score (nSPS) is 45.2. The van der Waals surface area contributed by atoms with Crippen LogP contribution >= 0.6 is 15.9 Å². The zero-order chi connectivity index (χ0) is 84.3. The number of aliphatic hydroxyl groups excluding tert-OH is 5. The number of cyclic esters (lactones) is 2. The molecule has 0 radical (unpaired) electrons. The van der Waals surface area contributed by atoms with Gasteiger partial charge >= 0.3 is 17.9 Å². The van der Waals surface area contributed by atoms with E-state index in [4.69, 9.17) is 76.3 Å². The maximum Gasteiger partial charge on any atom is 0.338 e. The van der Waals surface area contributed by atoms with Gasteiger partial charge in [0.1, 0.15) is 41.7 Å². The van der Waals surface area contributed by atoms with Crippen LogP contribution in [0.4, 0.5) is 0 Å². The van der Waals surface area contributed by atoms with Crippen LogP contribution in [0.2, 0.25) is 0 Å². The number of hydrogen-bond acceptors (Lipinski definition) is 28. The molecule has 29 heteroatoms. The van der Waals surface area contributed by atoms with Gasteiger partial charge in [-0.15, -0.1) is 0 Å². The van der Waals surface area contributed by atoms with Crippen molar-refractivity contribution in [2.75, 3.05) is 42.4 Å². The molecule has 28 nitrogen and oxygen atoms in total. The lowest BCUT2D eigenvalue weighted by molar-refractivity contribution is -0.318. The molecule has 8 saturated heterocycles. The fraction of sp³-hybridized carbons (Fsp3) is 0.880. The number of nitrogens with zero attached hydrogens (tertiary/aromatic N) is 3. The summed E-state index contributed by atoms with van der Waals surface area (Å²) in [5.74, 6) is -6.13. The van der Waals surface area contributed by atoms with Crippen LogP contribution < -0.4 is 0 Å².